The average molecular weight is 307 g/mol. The highest BCUT2D eigenvalue weighted by Gasteiger charge is 2.07. The molecular weight excluding hydrogens is 292 g/mol. The molecule has 2 rings (SSSR count). The summed E-state index contributed by atoms with van der Waals surface area (Å²) in [5.41, 5.74) is 1.31. The molecular formula is C14H15ClN4O2. The average Bonchev–Trinajstić information content (AvgIpc) is 2.79. The first-order chi connectivity index (χ1) is 10.1. The van der Waals surface area contributed by atoms with Crippen LogP contribution >= 0.6 is 11.6 Å². The molecule has 2 aromatic heterocycles. The number of nitrogens with one attached hydrogen (secondary N) is 2. The van der Waals surface area contributed by atoms with Gasteiger partial charge in [-0.25, -0.2) is 4.98 Å². The van der Waals surface area contributed by atoms with Gasteiger partial charge < -0.3 is 10.6 Å². The van der Waals surface area contributed by atoms with Crippen molar-refractivity contribution in [1.29, 1.82) is 0 Å². The summed E-state index contributed by atoms with van der Waals surface area (Å²) in [6.45, 7) is 2.28. The van der Waals surface area contributed by atoms with E-state index in [2.05, 4.69) is 15.6 Å². The zero-order valence-corrected chi connectivity index (χ0v) is 12.2. The number of fused-ring (bicyclic) bond motifs is 1. The fraction of sp³-hybridized carbons (Fsp3) is 0.214. The standard InChI is InChI=1S/C14H15ClN4O2/c1-2-16-13(21)9-17-12(20)7-6-10-14(15)18-11-5-3-4-8-19(10)11/h3-8H,2,9H2,1H3,(H,16,21)(H,17,20)/b7-6+. The minimum absolute atomic E-state index is 0.0576. The Balaban J connectivity index is 2.04. The van der Waals surface area contributed by atoms with Gasteiger partial charge in [0.05, 0.1) is 12.2 Å². The molecule has 0 saturated heterocycles. The highest BCUT2D eigenvalue weighted by Crippen LogP contribution is 2.18. The van der Waals surface area contributed by atoms with E-state index in [4.69, 9.17) is 11.6 Å². The number of pyridine rings is 1. The lowest BCUT2D eigenvalue weighted by Crippen LogP contribution is -2.36. The van der Waals surface area contributed by atoms with E-state index in [1.807, 2.05) is 25.1 Å². The fourth-order valence-corrected chi connectivity index (χ4v) is 2.02. The van der Waals surface area contributed by atoms with Crippen molar-refractivity contribution in [2.75, 3.05) is 13.1 Å². The van der Waals surface area contributed by atoms with E-state index < -0.39 is 0 Å². The van der Waals surface area contributed by atoms with Crippen LogP contribution in [0.3, 0.4) is 0 Å². The lowest BCUT2D eigenvalue weighted by Gasteiger charge is -2.02. The number of likely N-dealkylation sites (N-methyl/N-ethyl adjacent to an activating group) is 1. The van der Waals surface area contributed by atoms with Crippen LogP contribution < -0.4 is 10.6 Å². The van der Waals surface area contributed by atoms with E-state index >= 15 is 0 Å². The summed E-state index contributed by atoms with van der Waals surface area (Å²) >= 11 is 6.04. The number of hydrogen-bond donors (Lipinski definition) is 2. The number of hydrogen-bond acceptors (Lipinski definition) is 3. The van der Waals surface area contributed by atoms with Gasteiger partial charge in [0.1, 0.15) is 5.65 Å². The number of rotatable bonds is 5. The van der Waals surface area contributed by atoms with E-state index in [-0.39, 0.29) is 18.4 Å². The predicted octanol–water partition coefficient (Wildman–Crippen LogP) is 1.25. The van der Waals surface area contributed by atoms with Gasteiger partial charge in [0, 0.05) is 18.8 Å². The van der Waals surface area contributed by atoms with Crippen LogP contribution in [0.25, 0.3) is 11.7 Å². The Labute approximate surface area is 126 Å². The summed E-state index contributed by atoms with van der Waals surface area (Å²) < 4.78 is 1.77. The topological polar surface area (TPSA) is 75.5 Å². The van der Waals surface area contributed by atoms with Crippen LogP contribution in [0.15, 0.2) is 30.5 Å². The summed E-state index contributed by atoms with van der Waals surface area (Å²) in [4.78, 5) is 27.0. The lowest BCUT2D eigenvalue weighted by atomic mass is 10.3. The molecule has 0 atom stereocenters. The van der Waals surface area contributed by atoms with Crippen molar-refractivity contribution in [1.82, 2.24) is 20.0 Å². The zero-order valence-electron chi connectivity index (χ0n) is 11.5. The van der Waals surface area contributed by atoms with Crippen molar-refractivity contribution < 1.29 is 9.59 Å². The second kappa shape index (κ2) is 6.90. The summed E-state index contributed by atoms with van der Waals surface area (Å²) in [6, 6.07) is 5.51. The van der Waals surface area contributed by atoms with Crippen LogP contribution in [0.4, 0.5) is 0 Å². The van der Waals surface area contributed by atoms with Gasteiger partial charge in [-0.3, -0.25) is 14.0 Å². The van der Waals surface area contributed by atoms with Crippen molar-refractivity contribution in [3.63, 3.8) is 0 Å². The molecule has 2 amide bonds. The van der Waals surface area contributed by atoms with Gasteiger partial charge in [0.25, 0.3) is 0 Å². The van der Waals surface area contributed by atoms with Crippen LogP contribution in [0.2, 0.25) is 5.15 Å². The summed E-state index contributed by atoms with van der Waals surface area (Å²) in [7, 11) is 0. The van der Waals surface area contributed by atoms with Gasteiger partial charge in [-0.05, 0) is 25.1 Å². The summed E-state index contributed by atoms with van der Waals surface area (Å²) in [5, 5.41) is 5.39. The monoisotopic (exact) mass is 306 g/mol. The highest BCUT2D eigenvalue weighted by atomic mass is 35.5. The van der Waals surface area contributed by atoms with Gasteiger partial charge >= 0.3 is 0 Å². The molecule has 0 fully saturated rings. The molecule has 0 bridgehead atoms. The maximum absolute atomic E-state index is 11.6. The zero-order chi connectivity index (χ0) is 15.2. The van der Waals surface area contributed by atoms with Crippen molar-refractivity contribution in [2.45, 2.75) is 6.92 Å². The van der Waals surface area contributed by atoms with Gasteiger partial charge in [-0.1, -0.05) is 17.7 Å². The molecule has 2 aromatic rings. The first-order valence-electron chi connectivity index (χ1n) is 6.47. The molecule has 6 nitrogen and oxygen atoms in total. The van der Waals surface area contributed by atoms with Crippen molar-refractivity contribution in [2.24, 2.45) is 0 Å². The third-order valence-electron chi connectivity index (χ3n) is 2.71. The minimum atomic E-state index is -0.372. The number of nitrogens with zero attached hydrogens (tertiary/aromatic N) is 2. The summed E-state index contributed by atoms with van der Waals surface area (Å²) in [6.07, 6.45) is 4.69. The van der Waals surface area contributed by atoms with E-state index in [9.17, 15) is 9.59 Å². The smallest absolute Gasteiger partial charge is 0.244 e. The highest BCUT2D eigenvalue weighted by molar-refractivity contribution is 6.31. The SMILES string of the molecule is CCNC(=O)CNC(=O)/C=C/c1c(Cl)nc2ccccn12. The number of aromatic nitrogens is 2. The van der Waals surface area contributed by atoms with Crippen LogP contribution in [0, 0.1) is 0 Å². The fourth-order valence-electron chi connectivity index (χ4n) is 1.78. The van der Waals surface area contributed by atoms with Crippen LogP contribution in [0.1, 0.15) is 12.6 Å². The van der Waals surface area contributed by atoms with Crippen molar-refractivity contribution in [3.05, 3.63) is 41.3 Å². The Morgan fingerprint density at radius 1 is 1.38 bits per heavy atom. The second-order valence-electron chi connectivity index (χ2n) is 4.22. The maximum Gasteiger partial charge on any atom is 0.244 e. The molecule has 0 saturated carbocycles. The first kappa shape index (κ1) is 15.1. The molecule has 0 radical (unpaired) electrons. The molecule has 2 N–H and O–H groups in total. The molecule has 0 aliphatic heterocycles. The largest absolute Gasteiger partial charge is 0.355 e. The second-order valence-corrected chi connectivity index (χ2v) is 4.58. The Morgan fingerprint density at radius 3 is 2.95 bits per heavy atom. The van der Waals surface area contributed by atoms with Crippen LogP contribution in [0.5, 0.6) is 0 Å². The molecule has 0 spiro atoms. The van der Waals surface area contributed by atoms with E-state index in [0.29, 0.717) is 23.0 Å². The Morgan fingerprint density at radius 2 is 2.19 bits per heavy atom. The van der Waals surface area contributed by atoms with Crippen LogP contribution in [-0.2, 0) is 9.59 Å². The van der Waals surface area contributed by atoms with E-state index in [0.717, 1.165) is 0 Å². The maximum atomic E-state index is 11.6. The normalized spacial score (nSPS) is 11.0. The number of halogens is 1. The van der Waals surface area contributed by atoms with Crippen molar-refractivity contribution in [3.8, 4) is 0 Å². The number of carbonyl (C=O) groups excluding carboxylic acids is 2. The Hall–Kier alpha value is -2.34. The molecule has 7 heteroatoms. The number of amides is 2. The number of carbonyl (C=O) groups is 2. The molecule has 21 heavy (non-hydrogen) atoms. The molecule has 110 valence electrons. The molecule has 0 aliphatic rings. The van der Waals surface area contributed by atoms with Gasteiger partial charge in [-0.2, -0.15) is 0 Å². The molecule has 2 heterocycles. The van der Waals surface area contributed by atoms with Gasteiger partial charge in [0.2, 0.25) is 11.8 Å². The summed E-state index contributed by atoms with van der Waals surface area (Å²) in [5.74, 6) is -0.602. The van der Waals surface area contributed by atoms with Crippen molar-refractivity contribution >= 4 is 35.1 Å². The molecule has 0 aliphatic carbocycles. The van der Waals surface area contributed by atoms with E-state index in [1.165, 1.54) is 6.08 Å². The third kappa shape index (κ3) is 3.82. The van der Waals surface area contributed by atoms with Gasteiger partial charge in [-0.15, -0.1) is 0 Å². The minimum Gasteiger partial charge on any atom is -0.355 e. The predicted molar refractivity (Wildman–Crippen MR) is 80.9 cm³/mol. The first-order valence-corrected chi connectivity index (χ1v) is 6.84. The number of imidazole rings is 1. The lowest BCUT2D eigenvalue weighted by molar-refractivity contribution is -0.123. The molecule has 0 aromatic carbocycles. The van der Waals surface area contributed by atoms with Crippen LogP contribution in [-0.4, -0.2) is 34.3 Å². The quantitative estimate of drug-likeness (QED) is 0.816. The van der Waals surface area contributed by atoms with Gasteiger partial charge in [0.15, 0.2) is 5.15 Å². The third-order valence-corrected chi connectivity index (χ3v) is 2.99. The van der Waals surface area contributed by atoms with E-state index in [1.54, 1.807) is 16.7 Å². The Kier molecular flexibility index (Phi) is 4.94. The molecule has 0 unspecified atom stereocenters. The Bertz CT molecular complexity index is 693.